The third-order valence-electron chi connectivity index (χ3n) is 3.79. The molecule has 1 fully saturated rings. The van der Waals surface area contributed by atoms with E-state index in [4.69, 9.17) is 5.11 Å². The maximum Gasteiger partial charge on any atom is 0.236 e. The highest BCUT2D eigenvalue weighted by molar-refractivity contribution is 5.78. The van der Waals surface area contributed by atoms with E-state index >= 15 is 0 Å². The lowest BCUT2D eigenvalue weighted by molar-refractivity contribution is -0.132. The number of aliphatic hydroxyl groups excluding tert-OH is 1. The SMILES string of the molecule is CCN(CC)C(=O)CN1CCCN(CCCO)CC1. The summed E-state index contributed by atoms with van der Waals surface area (Å²) in [5.74, 6) is 0.244. The number of likely N-dealkylation sites (N-methyl/N-ethyl adjacent to an activating group) is 1. The molecule has 5 heteroatoms. The molecule has 112 valence electrons. The van der Waals surface area contributed by atoms with Gasteiger partial charge in [-0.15, -0.1) is 0 Å². The average Bonchev–Trinajstić information content (AvgIpc) is 2.63. The van der Waals surface area contributed by atoms with E-state index in [9.17, 15) is 4.79 Å². The molecular formula is C14H29N3O2. The zero-order chi connectivity index (χ0) is 14.1. The lowest BCUT2D eigenvalue weighted by atomic mass is 10.3. The largest absolute Gasteiger partial charge is 0.396 e. The summed E-state index contributed by atoms with van der Waals surface area (Å²) >= 11 is 0. The van der Waals surface area contributed by atoms with Gasteiger partial charge in [0.05, 0.1) is 6.54 Å². The van der Waals surface area contributed by atoms with E-state index in [1.165, 1.54) is 0 Å². The van der Waals surface area contributed by atoms with Crippen LogP contribution in [0.1, 0.15) is 26.7 Å². The third-order valence-corrected chi connectivity index (χ3v) is 3.79. The van der Waals surface area contributed by atoms with Crippen molar-refractivity contribution in [2.24, 2.45) is 0 Å². The van der Waals surface area contributed by atoms with Gasteiger partial charge >= 0.3 is 0 Å². The molecule has 1 aliphatic heterocycles. The van der Waals surface area contributed by atoms with Crippen molar-refractivity contribution in [1.29, 1.82) is 0 Å². The highest BCUT2D eigenvalue weighted by Crippen LogP contribution is 2.04. The molecule has 0 aliphatic carbocycles. The van der Waals surface area contributed by atoms with Gasteiger partial charge in [0.15, 0.2) is 0 Å². The summed E-state index contributed by atoms with van der Waals surface area (Å²) in [4.78, 5) is 18.6. The summed E-state index contributed by atoms with van der Waals surface area (Å²) in [5, 5.41) is 8.87. The van der Waals surface area contributed by atoms with Gasteiger partial charge in [0.25, 0.3) is 0 Å². The first-order valence-corrected chi connectivity index (χ1v) is 7.54. The van der Waals surface area contributed by atoms with Crippen LogP contribution < -0.4 is 0 Å². The second-order valence-corrected chi connectivity index (χ2v) is 5.11. The first-order chi connectivity index (χ1) is 9.21. The van der Waals surface area contributed by atoms with Gasteiger partial charge in [-0.1, -0.05) is 0 Å². The fourth-order valence-corrected chi connectivity index (χ4v) is 2.57. The number of hydrogen-bond donors (Lipinski definition) is 1. The number of hydrogen-bond acceptors (Lipinski definition) is 4. The molecule has 1 heterocycles. The van der Waals surface area contributed by atoms with E-state index in [2.05, 4.69) is 9.80 Å². The van der Waals surface area contributed by atoms with Crippen LogP contribution in [0.3, 0.4) is 0 Å². The molecule has 0 aromatic carbocycles. The molecule has 1 N–H and O–H groups in total. The van der Waals surface area contributed by atoms with Gasteiger partial charge in [-0.2, -0.15) is 0 Å². The van der Waals surface area contributed by atoms with Crippen molar-refractivity contribution >= 4 is 5.91 Å². The Labute approximate surface area is 117 Å². The standard InChI is InChI=1S/C14H29N3O2/c1-3-17(4-2)14(19)13-16-8-5-7-15(10-11-16)9-6-12-18/h18H,3-13H2,1-2H3. The summed E-state index contributed by atoms with van der Waals surface area (Å²) in [5.41, 5.74) is 0. The lowest BCUT2D eigenvalue weighted by Crippen LogP contribution is -2.41. The van der Waals surface area contributed by atoms with Crippen LogP contribution in [0.2, 0.25) is 0 Å². The normalized spacial score (nSPS) is 18.3. The molecule has 1 amide bonds. The molecule has 0 atom stereocenters. The Morgan fingerprint density at radius 1 is 1.11 bits per heavy atom. The monoisotopic (exact) mass is 271 g/mol. The summed E-state index contributed by atoms with van der Waals surface area (Å²) in [6, 6.07) is 0. The molecule has 0 aromatic heterocycles. The van der Waals surface area contributed by atoms with Gasteiger partial charge in [-0.25, -0.2) is 0 Å². The molecule has 1 saturated heterocycles. The molecule has 19 heavy (non-hydrogen) atoms. The summed E-state index contributed by atoms with van der Waals surface area (Å²) in [7, 11) is 0. The van der Waals surface area contributed by atoms with E-state index < -0.39 is 0 Å². The van der Waals surface area contributed by atoms with Crippen LogP contribution >= 0.6 is 0 Å². The first kappa shape index (κ1) is 16.4. The van der Waals surface area contributed by atoms with Gasteiger partial charge in [0, 0.05) is 39.3 Å². The molecule has 0 spiro atoms. The minimum Gasteiger partial charge on any atom is -0.396 e. The quantitative estimate of drug-likeness (QED) is 0.721. The highest BCUT2D eigenvalue weighted by Gasteiger charge is 2.18. The molecule has 0 unspecified atom stereocenters. The smallest absolute Gasteiger partial charge is 0.236 e. The Kier molecular flexibility index (Phi) is 8.02. The Bertz CT molecular complexity index is 257. The molecule has 1 aliphatic rings. The Hall–Kier alpha value is -0.650. The fraction of sp³-hybridized carbons (Fsp3) is 0.929. The maximum atomic E-state index is 12.1. The molecule has 1 rings (SSSR count). The van der Waals surface area contributed by atoms with Crippen LogP contribution in [0.25, 0.3) is 0 Å². The topological polar surface area (TPSA) is 47.0 Å². The Balaban J connectivity index is 2.34. The second-order valence-electron chi connectivity index (χ2n) is 5.11. The first-order valence-electron chi connectivity index (χ1n) is 7.54. The van der Waals surface area contributed by atoms with Gasteiger partial charge in [-0.3, -0.25) is 9.69 Å². The van der Waals surface area contributed by atoms with Gasteiger partial charge in [0.1, 0.15) is 0 Å². The van der Waals surface area contributed by atoms with Crippen molar-refractivity contribution in [3.63, 3.8) is 0 Å². The molecular weight excluding hydrogens is 242 g/mol. The van der Waals surface area contributed by atoms with Crippen LogP contribution in [0.4, 0.5) is 0 Å². The van der Waals surface area contributed by atoms with Crippen LogP contribution in [-0.2, 0) is 4.79 Å². The average molecular weight is 271 g/mol. The van der Waals surface area contributed by atoms with Crippen LogP contribution in [0, 0.1) is 0 Å². The van der Waals surface area contributed by atoms with E-state index in [1.54, 1.807) is 0 Å². The Morgan fingerprint density at radius 3 is 2.37 bits per heavy atom. The van der Waals surface area contributed by atoms with E-state index in [-0.39, 0.29) is 12.5 Å². The van der Waals surface area contributed by atoms with E-state index in [0.717, 1.165) is 58.7 Å². The molecule has 0 saturated carbocycles. The van der Waals surface area contributed by atoms with E-state index in [0.29, 0.717) is 6.54 Å². The highest BCUT2D eigenvalue weighted by atomic mass is 16.3. The predicted molar refractivity (Wildman–Crippen MR) is 77.1 cm³/mol. The fourth-order valence-electron chi connectivity index (χ4n) is 2.57. The molecule has 0 radical (unpaired) electrons. The van der Waals surface area contributed by atoms with Crippen molar-refractivity contribution in [1.82, 2.24) is 14.7 Å². The van der Waals surface area contributed by atoms with E-state index in [1.807, 2.05) is 18.7 Å². The predicted octanol–water partition coefficient (Wildman–Crippen LogP) is 0.245. The van der Waals surface area contributed by atoms with Crippen molar-refractivity contribution in [3.8, 4) is 0 Å². The van der Waals surface area contributed by atoms with Crippen molar-refractivity contribution in [2.45, 2.75) is 26.7 Å². The zero-order valence-electron chi connectivity index (χ0n) is 12.5. The van der Waals surface area contributed by atoms with Crippen LogP contribution in [0.5, 0.6) is 0 Å². The number of rotatable bonds is 7. The zero-order valence-corrected chi connectivity index (χ0v) is 12.5. The van der Waals surface area contributed by atoms with Crippen LogP contribution in [0.15, 0.2) is 0 Å². The molecule has 0 bridgehead atoms. The van der Waals surface area contributed by atoms with Gasteiger partial charge in [-0.05, 0) is 39.8 Å². The third kappa shape index (κ3) is 5.89. The molecule has 0 aromatic rings. The number of carbonyl (C=O) groups is 1. The van der Waals surface area contributed by atoms with Crippen molar-refractivity contribution < 1.29 is 9.90 Å². The summed E-state index contributed by atoms with van der Waals surface area (Å²) in [6.45, 7) is 11.5. The minimum absolute atomic E-state index is 0.244. The minimum atomic E-state index is 0.244. The number of amides is 1. The number of carbonyl (C=O) groups excluding carboxylic acids is 1. The lowest BCUT2D eigenvalue weighted by Gasteiger charge is -2.25. The summed E-state index contributed by atoms with van der Waals surface area (Å²) < 4.78 is 0. The number of aliphatic hydroxyl groups is 1. The second kappa shape index (κ2) is 9.28. The van der Waals surface area contributed by atoms with Gasteiger partial charge in [0.2, 0.25) is 5.91 Å². The number of nitrogens with zero attached hydrogens (tertiary/aromatic N) is 3. The van der Waals surface area contributed by atoms with Crippen molar-refractivity contribution in [3.05, 3.63) is 0 Å². The van der Waals surface area contributed by atoms with Gasteiger partial charge < -0.3 is 14.9 Å². The van der Waals surface area contributed by atoms with Crippen LogP contribution in [-0.4, -0.2) is 84.7 Å². The van der Waals surface area contributed by atoms with Crippen molar-refractivity contribution in [2.75, 3.05) is 59.0 Å². The maximum absolute atomic E-state index is 12.1. The Morgan fingerprint density at radius 2 is 1.74 bits per heavy atom. The summed E-state index contributed by atoms with van der Waals surface area (Å²) in [6.07, 6.45) is 1.95. The molecule has 5 nitrogen and oxygen atoms in total.